The fraction of sp³-hybridized carbons (Fsp3) is 0.647. The molecule has 3 atom stereocenters. The Morgan fingerprint density at radius 3 is 2.55 bits per heavy atom. The molecule has 1 N–H and O–H groups in total. The van der Waals surface area contributed by atoms with E-state index in [4.69, 9.17) is 0 Å². The summed E-state index contributed by atoms with van der Waals surface area (Å²) >= 11 is 0. The molecule has 0 spiro atoms. The lowest BCUT2D eigenvalue weighted by Crippen LogP contribution is -2.35. The van der Waals surface area contributed by atoms with Crippen LogP contribution in [0.25, 0.3) is 0 Å². The Balaban J connectivity index is 2.12. The number of aliphatic hydroxyl groups excluding tert-OH is 1. The summed E-state index contributed by atoms with van der Waals surface area (Å²) < 4.78 is 27.0. The molecule has 0 aliphatic heterocycles. The van der Waals surface area contributed by atoms with E-state index in [2.05, 4.69) is 20.8 Å². The highest BCUT2D eigenvalue weighted by molar-refractivity contribution is 5.19. The molecule has 1 aromatic rings. The van der Waals surface area contributed by atoms with Gasteiger partial charge < -0.3 is 5.11 Å². The molecular weight excluding hydrogens is 258 g/mol. The van der Waals surface area contributed by atoms with Crippen LogP contribution in [0, 0.1) is 28.9 Å². The van der Waals surface area contributed by atoms with Crippen LogP contribution < -0.4 is 0 Å². The van der Waals surface area contributed by atoms with Crippen molar-refractivity contribution in [1.82, 2.24) is 0 Å². The van der Waals surface area contributed by atoms with Crippen molar-refractivity contribution < 1.29 is 13.9 Å². The van der Waals surface area contributed by atoms with E-state index in [0.717, 1.165) is 25.3 Å². The van der Waals surface area contributed by atoms with E-state index in [-0.39, 0.29) is 17.2 Å². The summed E-state index contributed by atoms with van der Waals surface area (Å²) in [5, 5.41) is 10.2. The monoisotopic (exact) mass is 282 g/mol. The predicted molar refractivity (Wildman–Crippen MR) is 76.4 cm³/mol. The third-order valence-corrected chi connectivity index (χ3v) is 4.66. The van der Waals surface area contributed by atoms with Crippen molar-refractivity contribution in [3.05, 3.63) is 35.4 Å². The Bertz CT molecular complexity index is 465. The zero-order valence-electron chi connectivity index (χ0n) is 12.5. The molecule has 1 aliphatic rings. The second-order valence-electron chi connectivity index (χ2n) is 7.14. The van der Waals surface area contributed by atoms with Gasteiger partial charge in [0, 0.05) is 0 Å². The molecule has 1 nitrogen and oxygen atoms in total. The first-order valence-electron chi connectivity index (χ1n) is 7.39. The van der Waals surface area contributed by atoms with E-state index >= 15 is 0 Å². The molecule has 2 rings (SSSR count). The van der Waals surface area contributed by atoms with Crippen LogP contribution in [0.15, 0.2) is 18.2 Å². The predicted octanol–water partition coefficient (Wildman–Crippen LogP) is 4.33. The Labute approximate surface area is 120 Å². The SMILES string of the molecule is CC(C)(C)C1CCC(O)C(Cc2cc(F)ccc2F)C1. The van der Waals surface area contributed by atoms with Crippen molar-refractivity contribution in [2.75, 3.05) is 0 Å². The molecule has 3 unspecified atom stereocenters. The van der Waals surface area contributed by atoms with Gasteiger partial charge in [0.2, 0.25) is 0 Å². The van der Waals surface area contributed by atoms with E-state index in [1.54, 1.807) is 0 Å². The molecule has 20 heavy (non-hydrogen) atoms. The minimum absolute atomic E-state index is 0.0178. The minimum Gasteiger partial charge on any atom is -0.393 e. The molecule has 0 radical (unpaired) electrons. The third kappa shape index (κ3) is 3.57. The van der Waals surface area contributed by atoms with Gasteiger partial charge in [-0.1, -0.05) is 20.8 Å². The highest BCUT2D eigenvalue weighted by Crippen LogP contribution is 2.41. The van der Waals surface area contributed by atoms with Gasteiger partial charge in [-0.15, -0.1) is 0 Å². The van der Waals surface area contributed by atoms with Gasteiger partial charge in [-0.2, -0.15) is 0 Å². The summed E-state index contributed by atoms with van der Waals surface area (Å²) in [7, 11) is 0. The van der Waals surface area contributed by atoms with Crippen LogP contribution in [-0.2, 0) is 6.42 Å². The minimum atomic E-state index is -0.418. The zero-order chi connectivity index (χ0) is 14.9. The molecule has 0 bridgehead atoms. The first-order valence-corrected chi connectivity index (χ1v) is 7.39. The Hall–Kier alpha value is -0.960. The largest absolute Gasteiger partial charge is 0.393 e. The highest BCUT2D eigenvalue weighted by Gasteiger charge is 2.35. The first kappa shape index (κ1) is 15.4. The fourth-order valence-corrected chi connectivity index (χ4v) is 3.24. The van der Waals surface area contributed by atoms with Crippen molar-refractivity contribution in [1.29, 1.82) is 0 Å². The van der Waals surface area contributed by atoms with Gasteiger partial charge >= 0.3 is 0 Å². The molecule has 1 aromatic carbocycles. The van der Waals surface area contributed by atoms with Crippen molar-refractivity contribution in [3.63, 3.8) is 0 Å². The lowest BCUT2D eigenvalue weighted by Gasteiger charge is -2.40. The van der Waals surface area contributed by atoms with E-state index in [1.807, 2.05) is 0 Å². The van der Waals surface area contributed by atoms with Gasteiger partial charge in [0.25, 0.3) is 0 Å². The normalized spacial score (nSPS) is 27.6. The van der Waals surface area contributed by atoms with Crippen molar-refractivity contribution in [2.24, 2.45) is 17.3 Å². The maximum Gasteiger partial charge on any atom is 0.126 e. The fourth-order valence-electron chi connectivity index (χ4n) is 3.24. The molecular formula is C17H24F2O. The molecule has 1 aliphatic carbocycles. The first-order chi connectivity index (χ1) is 9.27. The van der Waals surface area contributed by atoms with Crippen molar-refractivity contribution in [2.45, 2.75) is 52.6 Å². The molecule has 1 saturated carbocycles. The van der Waals surface area contributed by atoms with Gasteiger partial charge in [0.15, 0.2) is 0 Å². The molecule has 0 aromatic heterocycles. The maximum atomic E-state index is 13.7. The number of rotatable bonds is 2. The van der Waals surface area contributed by atoms with E-state index in [1.165, 1.54) is 12.1 Å². The number of hydrogen-bond acceptors (Lipinski definition) is 1. The third-order valence-electron chi connectivity index (χ3n) is 4.66. The zero-order valence-corrected chi connectivity index (χ0v) is 12.5. The molecule has 3 heteroatoms. The van der Waals surface area contributed by atoms with Crippen LogP contribution >= 0.6 is 0 Å². The molecule has 112 valence electrons. The molecule has 1 fully saturated rings. The summed E-state index contributed by atoms with van der Waals surface area (Å²) in [5.74, 6) is -0.257. The second kappa shape index (κ2) is 5.80. The lowest BCUT2D eigenvalue weighted by atomic mass is 9.67. The summed E-state index contributed by atoms with van der Waals surface area (Å²) in [6.07, 6.45) is 2.64. The van der Waals surface area contributed by atoms with Crippen molar-refractivity contribution in [3.8, 4) is 0 Å². The highest BCUT2D eigenvalue weighted by atomic mass is 19.1. The lowest BCUT2D eigenvalue weighted by molar-refractivity contribution is 0.0193. The quantitative estimate of drug-likeness (QED) is 0.856. The van der Waals surface area contributed by atoms with Crippen LogP contribution in [0.5, 0.6) is 0 Å². The average Bonchev–Trinajstić information content (AvgIpc) is 2.35. The van der Waals surface area contributed by atoms with Gasteiger partial charge in [-0.3, -0.25) is 0 Å². The van der Waals surface area contributed by atoms with Crippen LogP contribution in [0.1, 0.15) is 45.6 Å². The Morgan fingerprint density at radius 2 is 1.90 bits per heavy atom. The summed E-state index contributed by atoms with van der Waals surface area (Å²) in [6, 6.07) is 3.55. The summed E-state index contributed by atoms with van der Waals surface area (Å²) in [6.45, 7) is 6.61. The van der Waals surface area contributed by atoms with E-state index in [9.17, 15) is 13.9 Å². The number of benzene rings is 1. The van der Waals surface area contributed by atoms with Crippen molar-refractivity contribution >= 4 is 0 Å². The van der Waals surface area contributed by atoms with Gasteiger partial charge in [-0.25, -0.2) is 8.78 Å². The Morgan fingerprint density at radius 1 is 1.20 bits per heavy atom. The van der Waals surface area contributed by atoms with Crippen LogP contribution in [-0.4, -0.2) is 11.2 Å². The average molecular weight is 282 g/mol. The maximum absolute atomic E-state index is 13.7. The number of halogens is 2. The van der Waals surface area contributed by atoms with Gasteiger partial charge in [-0.05, 0) is 66.7 Å². The van der Waals surface area contributed by atoms with Gasteiger partial charge in [0.1, 0.15) is 11.6 Å². The molecule has 0 amide bonds. The molecule has 0 heterocycles. The summed E-state index contributed by atoms with van der Waals surface area (Å²) in [5.41, 5.74) is 0.572. The van der Waals surface area contributed by atoms with E-state index < -0.39 is 11.9 Å². The van der Waals surface area contributed by atoms with Crippen LogP contribution in [0.4, 0.5) is 8.78 Å². The van der Waals surface area contributed by atoms with Gasteiger partial charge in [0.05, 0.1) is 6.10 Å². The molecule has 0 saturated heterocycles. The van der Waals surface area contributed by atoms with E-state index in [0.29, 0.717) is 17.9 Å². The number of hydrogen-bond donors (Lipinski definition) is 1. The van der Waals surface area contributed by atoms with Crippen LogP contribution in [0.2, 0.25) is 0 Å². The van der Waals surface area contributed by atoms with Crippen LogP contribution in [0.3, 0.4) is 0 Å². The smallest absolute Gasteiger partial charge is 0.126 e. The summed E-state index contributed by atoms with van der Waals surface area (Å²) in [4.78, 5) is 0. The standard InChI is InChI=1S/C17H24F2O/c1-17(2,3)13-4-7-16(20)12(9-13)8-11-10-14(18)5-6-15(11)19/h5-6,10,12-13,16,20H,4,7-9H2,1-3H3. The number of aliphatic hydroxyl groups is 1. The Kier molecular flexibility index (Phi) is 4.48. The second-order valence-corrected chi connectivity index (χ2v) is 7.14. The topological polar surface area (TPSA) is 20.2 Å².